The molecule has 2 N–H and O–H groups in total. The second-order valence-electron chi connectivity index (χ2n) is 3.96. The third-order valence-corrected chi connectivity index (χ3v) is 3.23. The van der Waals surface area contributed by atoms with Gasteiger partial charge >= 0.3 is 0 Å². The van der Waals surface area contributed by atoms with Gasteiger partial charge in [-0.1, -0.05) is 42.0 Å². The Morgan fingerprint density at radius 1 is 1.44 bits per heavy atom. The van der Waals surface area contributed by atoms with E-state index in [0.29, 0.717) is 35.9 Å². The number of hydrogen-bond acceptors (Lipinski definition) is 2. The number of halogens is 1. The normalized spacial score (nSPS) is 10.1. The lowest BCUT2D eigenvalue weighted by Crippen LogP contribution is -2.34. The van der Waals surface area contributed by atoms with Gasteiger partial charge in [0.15, 0.2) is 0 Å². The van der Waals surface area contributed by atoms with Gasteiger partial charge in [0.25, 0.3) is 0 Å². The molecule has 1 aromatic carbocycles. The lowest BCUT2D eigenvalue weighted by atomic mass is 10.1. The highest BCUT2D eigenvalue weighted by atomic mass is 35.5. The fourth-order valence-electron chi connectivity index (χ4n) is 1.62. The molecule has 0 saturated carbocycles. The van der Waals surface area contributed by atoms with Crippen LogP contribution in [0.15, 0.2) is 24.3 Å². The first-order valence-electron chi connectivity index (χ1n) is 5.84. The van der Waals surface area contributed by atoms with Crippen LogP contribution in [0.25, 0.3) is 0 Å². The van der Waals surface area contributed by atoms with Crippen LogP contribution in [0.2, 0.25) is 5.02 Å². The van der Waals surface area contributed by atoms with Crippen molar-refractivity contribution >= 4 is 34.7 Å². The van der Waals surface area contributed by atoms with Crippen LogP contribution < -0.4 is 5.73 Å². The summed E-state index contributed by atoms with van der Waals surface area (Å²) in [5.74, 6) is 0.0434. The number of rotatable bonds is 6. The summed E-state index contributed by atoms with van der Waals surface area (Å²) in [5.41, 5.74) is 6.29. The Labute approximate surface area is 118 Å². The first-order valence-corrected chi connectivity index (χ1v) is 6.62. The number of nitrogens with two attached hydrogens (primary N) is 1. The average molecular weight is 285 g/mol. The summed E-state index contributed by atoms with van der Waals surface area (Å²) in [7, 11) is 0. The molecule has 0 unspecified atom stereocenters. The molecule has 0 aliphatic rings. The highest BCUT2D eigenvalue weighted by Crippen LogP contribution is 2.16. The van der Waals surface area contributed by atoms with E-state index in [1.54, 1.807) is 11.0 Å². The molecule has 0 radical (unpaired) electrons. The molecule has 1 rings (SSSR count). The van der Waals surface area contributed by atoms with Crippen molar-refractivity contribution in [2.75, 3.05) is 13.1 Å². The maximum atomic E-state index is 12.1. The van der Waals surface area contributed by atoms with Crippen molar-refractivity contribution in [2.45, 2.75) is 19.8 Å². The van der Waals surface area contributed by atoms with E-state index in [1.165, 1.54) is 0 Å². The third kappa shape index (κ3) is 4.63. The Morgan fingerprint density at radius 3 is 2.67 bits per heavy atom. The Balaban J connectivity index is 2.62. The SMILES string of the molecule is CCN(CCC(N)=S)C(=O)Cc1ccccc1Cl. The van der Waals surface area contributed by atoms with Crippen molar-refractivity contribution in [3.05, 3.63) is 34.9 Å². The molecule has 0 bridgehead atoms. The van der Waals surface area contributed by atoms with Crippen molar-refractivity contribution < 1.29 is 4.79 Å². The van der Waals surface area contributed by atoms with E-state index in [4.69, 9.17) is 29.6 Å². The monoisotopic (exact) mass is 284 g/mol. The van der Waals surface area contributed by atoms with E-state index in [2.05, 4.69) is 0 Å². The summed E-state index contributed by atoms with van der Waals surface area (Å²) < 4.78 is 0. The lowest BCUT2D eigenvalue weighted by molar-refractivity contribution is -0.130. The molecule has 0 aliphatic heterocycles. The molecule has 0 heterocycles. The Morgan fingerprint density at radius 2 is 2.11 bits per heavy atom. The number of benzene rings is 1. The van der Waals surface area contributed by atoms with Gasteiger partial charge in [-0.05, 0) is 18.6 Å². The van der Waals surface area contributed by atoms with E-state index in [9.17, 15) is 4.79 Å². The Bertz CT molecular complexity index is 437. The number of carbonyl (C=O) groups is 1. The van der Waals surface area contributed by atoms with Crippen molar-refractivity contribution in [1.82, 2.24) is 4.90 Å². The van der Waals surface area contributed by atoms with E-state index in [1.807, 2.05) is 25.1 Å². The minimum absolute atomic E-state index is 0.0434. The van der Waals surface area contributed by atoms with Gasteiger partial charge in [0.1, 0.15) is 0 Å². The molecule has 0 aromatic heterocycles. The Hall–Kier alpha value is -1.13. The summed E-state index contributed by atoms with van der Waals surface area (Å²) >= 11 is 10.8. The molecule has 0 spiro atoms. The predicted molar refractivity (Wildman–Crippen MR) is 78.8 cm³/mol. The van der Waals surface area contributed by atoms with Crippen molar-refractivity contribution in [1.29, 1.82) is 0 Å². The van der Waals surface area contributed by atoms with Crippen LogP contribution in [0.1, 0.15) is 18.9 Å². The van der Waals surface area contributed by atoms with Gasteiger partial charge in [-0.25, -0.2) is 0 Å². The Kier molecular flexibility index (Phi) is 6.09. The van der Waals surface area contributed by atoms with Crippen LogP contribution in [-0.4, -0.2) is 28.9 Å². The van der Waals surface area contributed by atoms with E-state index in [-0.39, 0.29) is 5.91 Å². The van der Waals surface area contributed by atoms with Gasteiger partial charge in [-0.2, -0.15) is 0 Å². The van der Waals surface area contributed by atoms with Crippen LogP contribution in [0.4, 0.5) is 0 Å². The standard InChI is InChI=1S/C13H17ClN2OS/c1-2-16(8-7-12(15)18)13(17)9-10-5-3-4-6-11(10)14/h3-6H,2,7-9H2,1H3,(H2,15,18). The minimum Gasteiger partial charge on any atom is -0.393 e. The molecule has 98 valence electrons. The van der Waals surface area contributed by atoms with Gasteiger partial charge in [0.05, 0.1) is 11.4 Å². The topological polar surface area (TPSA) is 46.3 Å². The fourth-order valence-corrected chi connectivity index (χ4v) is 1.91. The summed E-state index contributed by atoms with van der Waals surface area (Å²) in [6.45, 7) is 3.14. The fraction of sp³-hybridized carbons (Fsp3) is 0.385. The highest BCUT2D eigenvalue weighted by Gasteiger charge is 2.13. The summed E-state index contributed by atoms with van der Waals surface area (Å²) in [6, 6.07) is 7.37. The zero-order chi connectivity index (χ0) is 13.5. The zero-order valence-corrected chi connectivity index (χ0v) is 11.9. The molecule has 0 saturated heterocycles. The molecule has 0 atom stereocenters. The van der Waals surface area contributed by atoms with E-state index < -0.39 is 0 Å². The summed E-state index contributed by atoms with van der Waals surface area (Å²) in [6.07, 6.45) is 0.863. The summed E-state index contributed by atoms with van der Waals surface area (Å²) in [4.78, 5) is 14.3. The van der Waals surface area contributed by atoms with Gasteiger partial charge in [-0.15, -0.1) is 0 Å². The number of likely N-dealkylation sites (N-methyl/N-ethyl adjacent to an activating group) is 1. The second kappa shape index (κ2) is 7.34. The lowest BCUT2D eigenvalue weighted by Gasteiger charge is -2.20. The van der Waals surface area contributed by atoms with Crippen LogP contribution in [0, 0.1) is 0 Å². The van der Waals surface area contributed by atoms with Crippen LogP contribution >= 0.6 is 23.8 Å². The molecule has 18 heavy (non-hydrogen) atoms. The van der Waals surface area contributed by atoms with Gasteiger partial charge in [0.2, 0.25) is 5.91 Å². The highest BCUT2D eigenvalue weighted by molar-refractivity contribution is 7.80. The van der Waals surface area contributed by atoms with Crippen molar-refractivity contribution in [3.8, 4) is 0 Å². The average Bonchev–Trinajstić information content (AvgIpc) is 2.32. The molecule has 0 fully saturated rings. The van der Waals surface area contributed by atoms with Crippen LogP contribution in [-0.2, 0) is 11.2 Å². The number of nitrogens with zero attached hydrogens (tertiary/aromatic N) is 1. The zero-order valence-electron chi connectivity index (χ0n) is 10.4. The summed E-state index contributed by atoms with van der Waals surface area (Å²) in [5, 5.41) is 0.622. The number of thiocarbonyl (C=S) groups is 1. The predicted octanol–water partition coefficient (Wildman–Crippen LogP) is 2.41. The molecule has 1 amide bonds. The molecule has 0 aliphatic carbocycles. The number of hydrogen-bond donors (Lipinski definition) is 1. The molecule has 3 nitrogen and oxygen atoms in total. The number of carbonyl (C=O) groups excluding carboxylic acids is 1. The first-order chi connectivity index (χ1) is 8.54. The van der Waals surface area contributed by atoms with Gasteiger partial charge in [-0.3, -0.25) is 4.79 Å². The molecular formula is C13H17ClN2OS. The van der Waals surface area contributed by atoms with Crippen molar-refractivity contribution in [2.24, 2.45) is 5.73 Å². The number of amides is 1. The maximum absolute atomic E-state index is 12.1. The van der Waals surface area contributed by atoms with E-state index in [0.717, 1.165) is 5.56 Å². The largest absolute Gasteiger partial charge is 0.393 e. The molecular weight excluding hydrogens is 268 g/mol. The van der Waals surface area contributed by atoms with Gasteiger partial charge < -0.3 is 10.6 Å². The quantitative estimate of drug-likeness (QED) is 0.816. The van der Waals surface area contributed by atoms with Crippen LogP contribution in [0.3, 0.4) is 0 Å². The van der Waals surface area contributed by atoms with Crippen molar-refractivity contribution in [3.63, 3.8) is 0 Å². The van der Waals surface area contributed by atoms with Crippen LogP contribution in [0.5, 0.6) is 0 Å². The maximum Gasteiger partial charge on any atom is 0.227 e. The van der Waals surface area contributed by atoms with Gasteiger partial charge in [0, 0.05) is 24.5 Å². The third-order valence-electron chi connectivity index (χ3n) is 2.66. The van der Waals surface area contributed by atoms with E-state index >= 15 is 0 Å². The minimum atomic E-state index is 0.0434. The second-order valence-corrected chi connectivity index (χ2v) is 4.89. The molecule has 5 heteroatoms. The first kappa shape index (κ1) is 14.9. The molecule has 1 aromatic rings. The smallest absolute Gasteiger partial charge is 0.227 e.